The van der Waals surface area contributed by atoms with E-state index in [0.29, 0.717) is 18.0 Å². The first-order valence-electron chi connectivity index (χ1n) is 10.4. The van der Waals surface area contributed by atoms with Crippen molar-refractivity contribution < 1.29 is 19.4 Å². The van der Waals surface area contributed by atoms with E-state index in [4.69, 9.17) is 14.5 Å². The fraction of sp³-hybridized carbons (Fsp3) is 0.348. The smallest absolute Gasteiger partial charge is 0.407 e. The number of hydrogen-bond donors (Lipinski definition) is 2. The van der Waals surface area contributed by atoms with Crippen molar-refractivity contribution in [3.63, 3.8) is 0 Å². The van der Waals surface area contributed by atoms with E-state index in [-0.39, 0.29) is 18.4 Å². The Bertz CT molecular complexity index is 1050. The van der Waals surface area contributed by atoms with Crippen LogP contribution < -0.4 is 10.2 Å². The Morgan fingerprint density at radius 1 is 1.10 bits per heavy atom. The molecule has 162 valence electrons. The van der Waals surface area contributed by atoms with Gasteiger partial charge in [0.05, 0.1) is 17.7 Å². The van der Waals surface area contributed by atoms with Gasteiger partial charge >= 0.3 is 6.09 Å². The minimum atomic E-state index is -0.412. The van der Waals surface area contributed by atoms with Crippen LogP contribution >= 0.6 is 0 Å². The summed E-state index contributed by atoms with van der Waals surface area (Å²) in [6, 6.07) is 15.0. The second kappa shape index (κ2) is 9.61. The van der Waals surface area contributed by atoms with E-state index in [0.717, 1.165) is 42.7 Å². The van der Waals surface area contributed by atoms with Gasteiger partial charge in [-0.25, -0.2) is 14.8 Å². The maximum atomic E-state index is 11.9. The number of para-hydroxylation sites is 2. The molecule has 1 amide bonds. The van der Waals surface area contributed by atoms with Crippen LogP contribution in [0.2, 0.25) is 0 Å². The van der Waals surface area contributed by atoms with Crippen molar-refractivity contribution in [2.75, 3.05) is 38.3 Å². The molecule has 2 N–H and O–H groups in total. The molecule has 0 radical (unpaired) electrons. The van der Waals surface area contributed by atoms with E-state index < -0.39 is 6.09 Å². The van der Waals surface area contributed by atoms with Crippen molar-refractivity contribution in [2.45, 2.75) is 18.9 Å². The summed E-state index contributed by atoms with van der Waals surface area (Å²) in [4.78, 5) is 23.6. The van der Waals surface area contributed by atoms with Gasteiger partial charge in [-0.2, -0.15) is 0 Å². The lowest BCUT2D eigenvalue weighted by Gasteiger charge is -2.33. The first-order chi connectivity index (χ1) is 15.2. The lowest BCUT2D eigenvalue weighted by molar-refractivity contribution is 0.0956. The average Bonchev–Trinajstić information content (AvgIpc) is 2.79. The van der Waals surface area contributed by atoms with Crippen molar-refractivity contribution in [3.8, 4) is 17.1 Å². The van der Waals surface area contributed by atoms with E-state index in [1.54, 1.807) is 19.2 Å². The molecule has 4 rings (SSSR count). The van der Waals surface area contributed by atoms with Gasteiger partial charge in [0.2, 0.25) is 0 Å². The normalized spacial score (nSPS) is 14.5. The zero-order valence-corrected chi connectivity index (χ0v) is 17.5. The molecule has 0 saturated carbocycles. The molecule has 8 heteroatoms. The molecule has 1 aliphatic heterocycles. The number of fused-ring (bicyclic) bond motifs is 1. The van der Waals surface area contributed by atoms with Gasteiger partial charge < -0.3 is 24.8 Å². The number of aromatic nitrogens is 2. The van der Waals surface area contributed by atoms with Crippen LogP contribution in [0.5, 0.6) is 5.75 Å². The molecule has 2 heterocycles. The van der Waals surface area contributed by atoms with Crippen LogP contribution in [0.15, 0.2) is 48.5 Å². The number of nitrogens with one attached hydrogen (secondary N) is 1. The zero-order valence-electron chi connectivity index (χ0n) is 17.5. The number of carbonyl (C=O) groups excluding carboxylic acids is 1. The summed E-state index contributed by atoms with van der Waals surface area (Å²) in [5, 5.41) is 14.2. The van der Waals surface area contributed by atoms with Gasteiger partial charge in [-0.1, -0.05) is 24.3 Å². The summed E-state index contributed by atoms with van der Waals surface area (Å²) < 4.78 is 9.99. The highest BCUT2D eigenvalue weighted by molar-refractivity contribution is 5.91. The number of alkyl carbamates (subject to hydrolysis) is 1. The number of nitrogens with zero attached hydrogens (tertiary/aromatic N) is 3. The minimum absolute atomic E-state index is 0.0528. The van der Waals surface area contributed by atoms with E-state index in [1.165, 1.54) is 0 Å². The molecule has 31 heavy (non-hydrogen) atoms. The van der Waals surface area contributed by atoms with Crippen molar-refractivity contribution >= 4 is 22.8 Å². The Kier molecular flexibility index (Phi) is 6.47. The highest BCUT2D eigenvalue weighted by atomic mass is 16.6. The van der Waals surface area contributed by atoms with Crippen LogP contribution in [-0.2, 0) is 9.47 Å². The summed E-state index contributed by atoms with van der Waals surface area (Å²) in [6.45, 7) is 2.10. The number of hydrogen-bond acceptors (Lipinski definition) is 7. The quantitative estimate of drug-likeness (QED) is 0.588. The van der Waals surface area contributed by atoms with E-state index >= 15 is 0 Å². The molecule has 3 aromatic rings. The molecule has 0 atom stereocenters. The Morgan fingerprint density at radius 2 is 1.84 bits per heavy atom. The number of piperidine rings is 1. The van der Waals surface area contributed by atoms with Crippen LogP contribution in [0.1, 0.15) is 12.8 Å². The summed E-state index contributed by atoms with van der Waals surface area (Å²) in [6.07, 6.45) is 1.15. The van der Waals surface area contributed by atoms with Gasteiger partial charge in [-0.3, -0.25) is 0 Å². The molecule has 1 saturated heterocycles. The number of methoxy groups -OCH3 is 1. The number of phenols is 1. The predicted octanol–water partition coefficient (Wildman–Crippen LogP) is 3.34. The van der Waals surface area contributed by atoms with Crippen LogP contribution in [0.25, 0.3) is 22.3 Å². The number of ether oxygens (including phenoxy) is 2. The van der Waals surface area contributed by atoms with E-state index in [9.17, 15) is 9.90 Å². The molecule has 1 fully saturated rings. The Hall–Kier alpha value is -3.39. The van der Waals surface area contributed by atoms with Crippen molar-refractivity contribution in [1.29, 1.82) is 0 Å². The number of phenolic OH excluding ortho intramolecular Hbond substituents is 1. The number of benzene rings is 2. The molecule has 0 spiro atoms. The standard InChI is InChI=1S/C23H26N4O4/c1-30-14-15-31-23(29)24-16-10-12-27(13-11-16)22-17-6-2-4-8-19(17)25-21(26-22)18-7-3-5-9-20(18)28/h2-9,16,28H,10-15H2,1H3,(H,24,29). The van der Waals surface area contributed by atoms with Crippen LogP contribution in [-0.4, -0.2) is 60.6 Å². The van der Waals surface area contributed by atoms with Gasteiger partial charge in [0.1, 0.15) is 18.2 Å². The first kappa shape index (κ1) is 20.9. The maximum Gasteiger partial charge on any atom is 0.407 e. The fourth-order valence-electron chi connectivity index (χ4n) is 3.75. The molecule has 0 unspecified atom stereocenters. The second-order valence-corrected chi connectivity index (χ2v) is 7.44. The monoisotopic (exact) mass is 422 g/mol. The number of amides is 1. The van der Waals surface area contributed by atoms with Gasteiger partial charge in [-0.15, -0.1) is 0 Å². The largest absolute Gasteiger partial charge is 0.507 e. The third-order valence-corrected chi connectivity index (χ3v) is 5.37. The van der Waals surface area contributed by atoms with E-state index in [1.807, 2.05) is 36.4 Å². The summed E-state index contributed by atoms with van der Waals surface area (Å²) in [5.74, 6) is 1.48. The average molecular weight is 422 g/mol. The highest BCUT2D eigenvalue weighted by Crippen LogP contribution is 2.32. The SMILES string of the molecule is COCCOC(=O)NC1CCN(c2nc(-c3ccccc3O)nc3ccccc23)CC1. The summed E-state index contributed by atoms with van der Waals surface area (Å²) >= 11 is 0. The first-order valence-corrected chi connectivity index (χ1v) is 10.4. The number of aromatic hydroxyl groups is 1. The molecule has 1 aliphatic rings. The van der Waals surface area contributed by atoms with Gasteiger partial charge in [0, 0.05) is 31.6 Å². The van der Waals surface area contributed by atoms with Gasteiger partial charge in [0.25, 0.3) is 0 Å². The predicted molar refractivity (Wildman–Crippen MR) is 118 cm³/mol. The molecular formula is C23H26N4O4. The molecule has 0 aliphatic carbocycles. The molecule has 1 aromatic heterocycles. The number of anilines is 1. The van der Waals surface area contributed by atoms with Crippen LogP contribution in [0, 0.1) is 0 Å². The van der Waals surface area contributed by atoms with E-state index in [2.05, 4.69) is 15.2 Å². The van der Waals surface area contributed by atoms with Gasteiger partial charge in [-0.05, 0) is 37.1 Å². The Labute approximate surface area is 180 Å². The summed E-state index contributed by atoms with van der Waals surface area (Å²) in [7, 11) is 1.57. The number of carbonyl (C=O) groups is 1. The molecule has 2 aromatic carbocycles. The van der Waals surface area contributed by atoms with Crippen molar-refractivity contribution in [3.05, 3.63) is 48.5 Å². The second-order valence-electron chi connectivity index (χ2n) is 7.44. The third-order valence-electron chi connectivity index (χ3n) is 5.37. The molecule has 0 bridgehead atoms. The molecular weight excluding hydrogens is 396 g/mol. The fourth-order valence-corrected chi connectivity index (χ4v) is 3.75. The third kappa shape index (κ3) is 4.86. The zero-order chi connectivity index (χ0) is 21.6. The topological polar surface area (TPSA) is 96.8 Å². The summed E-state index contributed by atoms with van der Waals surface area (Å²) in [5.41, 5.74) is 1.43. The van der Waals surface area contributed by atoms with Crippen LogP contribution in [0.3, 0.4) is 0 Å². The lowest BCUT2D eigenvalue weighted by atomic mass is 10.0. The van der Waals surface area contributed by atoms with Crippen molar-refractivity contribution in [1.82, 2.24) is 15.3 Å². The highest BCUT2D eigenvalue weighted by Gasteiger charge is 2.24. The van der Waals surface area contributed by atoms with Crippen molar-refractivity contribution in [2.24, 2.45) is 0 Å². The minimum Gasteiger partial charge on any atom is -0.507 e. The lowest BCUT2D eigenvalue weighted by Crippen LogP contribution is -2.45. The van der Waals surface area contributed by atoms with Gasteiger partial charge in [0.15, 0.2) is 5.82 Å². The Balaban J connectivity index is 1.52. The molecule has 8 nitrogen and oxygen atoms in total. The van der Waals surface area contributed by atoms with Crippen LogP contribution in [0.4, 0.5) is 10.6 Å². The Morgan fingerprint density at radius 3 is 2.61 bits per heavy atom. The number of rotatable bonds is 6. The maximum absolute atomic E-state index is 11.9.